The summed E-state index contributed by atoms with van der Waals surface area (Å²) >= 11 is 0. The minimum absolute atomic E-state index is 0. The number of rotatable bonds is 5. The molecule has 3 rings (SSSR count). The number of hydrogen-bond donors (Lipinski definition) is 1. The van der Waals surface area contributed by atoms with Crippen molar-refractivity contribution in [3.05, 3.63) is 0 Å². The Balaban J connectivity index is 0.00000280. The molecule has 28 heavy (non-hydrogen) atoms. The molecule has 0 aromatic carbocycles. The maximum Gasteiger partial charge on any atom is 0.236 e. The fourth-order valence-corrected chi connectivity index (χ4v) is 4.60. The third-order valence-corrected chi connectivity index (χ3v) is 6.64. The summed E-state index contributed by atoms with van der Waals surface area (Å²) in [6.07, 6.45) is 6.65. The fourth-order valence-electron chi connectivity index (χ4n) is 4.60. The van der Waals surface area contributed by atoms with Crippen LogP contribution in [0, 0.1) is 5.41 Å². The smallest absolute Gasteiger partial charge is 0.236 e. The van der Waals surface area contributed by atoms with Gasteiger partial charge in [-0.15, -0.1) is 24.0 Å². The molecule has 0 unspecified atom stereocenters. The number of ether oxygens (including phenoxy) is 1. The minimum Gasteiger partial charge on any atom is -0.378 e. The van der Waals surface area contributed by atoms with Gasteiger partial charge in [0.1, 0.15) is 0 Å². The highest BCUT2D eigenvalue weighted by Gasteiger charge is 2.32. The van der Waals surface area contributed by atoms with Gasteiger partial charge in [0.25, 0.3) is 0 Å². The summed E-state index contributed by atoms with van der Waals surface area (Å²) in [5.41, 5.74) is 0.461. The molecular weight excluding hydrogens is 469 g/mol. The Morgan fingerprint density at radius 1 is 1.04 bits per heavy atom. The molecule has 0 bridgehead atoms. The van der Waals surface area contributed by atoms with Gasteiger partial charge in [-0.05, 0) is 24.7 Å². The van der Waals surface area contributed by atoms with E-state index in [0.717, 1.165) is 51.8 Å². The lowest BCUT2D eigenvalue weighted by Crippen LogP contribution is -2.55. The van der Waals surface area contributed by atoms with Crippen molar-refractivity contribution in [1.29, 1.82) is 0 Å². The van der Waals surface area contributed by atoms with Crippen LogP contribution in [-0.2, 0) is 9.53 Å². The predicted molar refractivity (Wildman–Crippen MR) is 123 cm³/mol. The lowest BCUT2D eigenvalue weighted by molar-refractivity contribution is -0.136. The molecule has 1 amide bonds. The number of halogens is 1. The maximum absolute atomic E-state index is 12.4. The number of carbonyl (C=O) groups is 1. The molecule has 2 saturated heterocycles. The van der Waals surface area contributed by atoms with Crippen molar-refractivity contribution in [3.63, 3.8) is 0 Å². The molecule has 162 valence electrons. The molecule has 2 aliphatic heterocycles. The Morgan fingerprint density at radius 3 is 2.25 bits per heavy atom. The van der Waals surface area contributed by atoms with E-state index >= 15 is 0 Å². The highest BCUT2D eigenvalue weighted by atomic mass is 127. The summed E-state index contributed by atoms with van der Waals surface area (Å²) in [5.74, 6) is 1.26. The summed E-state index contributed by atoms with van der Waals surface area (Å²) in [7, 11) is 1.88. The second-order valence-corrected chi connectivity index (χ2v) is 8.22. The molecule has 0 spiro atoms. The van der Waals surface area contributed by atoms with Gasteiger partial charge in [-0.25, -0.2) is 0 Å². The van der Waals surface area contributed by atoms with E-state index in [-0.39, 0.29) is 29.9 Å². The number of hydrogen-bond acceptors (Lipinski definition) is 4. The highest BCUT2D eigenvalue weighted by molar-refractivity contribution is 14.0. The zero-order valence-corrected chi connectivity index (χ0v) is 20.0. The van der Waals surface area contributed by atoms with E-state index in [9.17, 15) is 4.79 Å². The van der Waals surface area contributed by atoms with Crippen molar-refractivity contribution in [2.45, 2.75) is 39.0 Å². The van der Waals surface area contributed by atoms with E-state index in [2.05, 4.69) is 27.0 Å². The van der Waals surface area contributed by atoms with Crippen LogP contribution in [0.1, 0.15) is 39.0 Å². The van der Waals surface area contributed by atoms with Gasteiger partial charge in [0.15, 0.2) is 5.96 Å². The lowest BCUT2D eigenvalue weighted by atomic mass is 9.83. The van der Waals surface area contributed by atoms with Crippen molar-refractivity contribution in [3.8, 4) is 0 Å². The second kappa shape index (κ2) is 11.5. The molecular formula is C20H38IN5O2. The predicted octanol–water partition coefficient (Wildman–Crippen LogP) is 1.63. The van der Waals surface area contributed by atoms with Gasteiger partial charge in [-0.3, -0.25) is 14.7 Å². The molecule has 3 fully saturated rings. The van der Waals surface area contributed by atoms with Crippen molar-refractivity contribution >= 4 is 35.8 Å². The first-order valence-electron chi connectivity index (χ1n) is 10.7. The topological polar surface area (TPSA) is 60.4 Å². The third-order valence-electron chi connectivity index (χ3n) is 6.64. The van der Waals surface area contributed by atoms with Crippen LogP contribution in [0.3, 0.4) is 0 Å². The first-order valence-corrected chi connectivity index (χ1v) is 10.7. The number of morpholine rings is 1. The maximum atomic E-state index is 12.4. The second-order valence-electron chi connectivity index (χ2n) is 8.22. The van der Waals surface area contributed by atoms with E-state index in [4.69, 9.17) is 4.74 Å². The van der Waals surface area contributed by atoms with Crippen LogP contribution in [-0.4, -0.2) is 99.2 Å². The Kier molecular flexibility index (Phi) is 9.76. The van der Waals surface area contributed by atoms with Gasteiger partial charge in [0.05, 0.1) is 19.8 Å². The van der Waals surface area contributed by atoms with Crippen LogP contribution >= 0.6 is 24.0 Å². The molecule has 2 heterocycles. The van der Waals surface area contributed by atoms with Crippen molar-refractivity contribution < 1.29 is 9.53 Å². The van der Waals surface area contributed by atoms with Crippen LogP contribution in [0.15, 0.2) is 4.99 Å². The highest BCUT2D eigenvalue weighted by Crippen LogP contribution is 2.40. The van der Waals surface area contributed by atoms with E-state index in [1.165, 1.54) is 32.1 Å². The van der Waals surface area contributed by atoms with Gasteiger partial charge < -0.3 is 19.9 Å². The number of piperazine rings is 1. The van der Waals surface area contributed by atoms with Crippen LogP contribution in [0.4, 0.5) is 0 Å². The van der Waals surface area contributed by atoms with Crippen molar-refractivity contribution in [1.82, 2.24) is 20.0 Å². The number of nitrogens with one attached hydrogen (secondary N) is 1. The van der Waals surface area contributed by atoms with Gasteiger partial charge >= 0.3 is 0 Å². The first kappa shape index (κ1) is 23.7. The fraction of sp³-hybridized carbons (Fsp3) is 0.900. The average molecular weight is 507 g/mol. The minimum atomic E-state index is 0. The van der Waals surface area contributed by atoms with E-state index in [1.54, 1.807) is 0 Å². The molecule has 1 aliphatic carbocycles. The quantitative estimate of drug-likeness (QED) is 0.348. The molecule has 3 aliphatic rings. The molecule has 0 aromatic rings. The van der Waals surface area contributed by atoms with E-state index in [0.29, 0.717) is 25.2 Å². The zero-order chi connectivity index (χ0) is 19.1. The normalized spacial score (nSPS) is 23.4. The zero-order valence-electron chi connectivity index (χ0n) is 17.6. The average Bonchev–Trinajstić information content (AvgIpc) is 3.20. The Labute approximate surface area is 187 Å². The SMILES string of the molecule is CCC1(CNC(=NC)N2CCN(CC(=O)N3CCOCC3)CC2)CCCC1.I. The summed E-state index contributed by atoms with van der Waals surface area (Å²) in [6.45, 7) is 10.4. The number of aliphatic imine (C=N–C) groups is 1. The van der Waals surface area contributed by atoms with Crippen LogP contribution in [0.5, 0.6) is 0 Å². The van der Waals surface area contributed by atoms with Gasteiger partial charge in [-0.1, -0.05) is 19.8 Å². The lowest BCUT2D eigenvalue weighted by Gasteiger charge is -2.38. The molecule has 7 nitrogen and oxygen atoms in total. The summed E-state index contributed by atoms with van der Waals surface area (Å²) in [4.78, 5) is 23.5. The van der Waals surface area contributed by atoms with Crippen LogP contribution < -0.4 is 5.32 Å². The summed E-state index contributed by atoms with van der Waals surface area (Å²) in [6, 6.07) is 0. The first-order chi connectivity index (χ1) is 13.2. The summed E-state index contributed by atoms with van der Waals surface area (Å²) in [5, 5.41) is 3.65. The van der Waals surface area contributed by atoms with Crippen molar-refractivity contribution in [2.75, 3.05) is 72.6 Å². The molecule has 1 saturated carbocycles. The number of nitrogens with zero attached hydrogens (tertiary/aromatic N) is 4. The number of amides is 1. The number of carbonyl (C=O) groups excluding carboxylic acids is 1. The number of guanidine groups is 1. The molecule has 1 N–H and O–H groups in total. The third kappa shape index (κ3) is 6.19. The standard InChI is InChI=1S/C20H37N5O2.HI/c1-3-20(6-4-5-7-20)17-22-19(21-2)25-10-8-23(9-11-25)16-18(26)24-12-14-27-15-13-24;/h3-17H2,1-2H3,(H,21,22);1H. The molecule has 0 radical (unpaired) electrons. The molecule has 0 aromatic heterocycles. The molecule has 8 heteroatoms. The van der Waals surface area contributed by atoms with Crippen molar-refractivity contribution in [2.24, 2.45) is 10.4 Å². The Morgan fingerprint density at radius 2 is 1.68 bits per heavy atom. The summed E-state index contributed by atoms with van der Waals surface area (Å²) < 4.78 is 5.33. The monoisotopic (exact) mass is 507 g/mol. The van der Waals surface area contributed by atoms with E-state index in [1.807, 2.05) is 11.9 Å². The Bertz CT molecular complexity index is 511. The van der Waals surface area contributed by atoms with E-state index < -0.39 is 0 Å². The van der Waals surface area contributed by atoms with Crippen LogP contribution in [0.2, 0.25) is 0 Å². The largest absolute Gasteiger partial charge is 0.378 e. The van der Waals surface area contributed by atoms with Crippen LogP contribution in [0.25, 0.3) is 0 Å². The van der Waals surface area contributed by atoms with Gasteiger partial charge in [-0.2, -0.15) is 0 Å². The van der Waals surface area contributed by atoms with Gasteiger partial charge in [0.2, 0.25) is 5.91 Å². The molecule has 0 atom stereocenters. The van der Waals surface area contributed by atoms with Gasteiger partial charge in [0, 0.05) is 52.9 Å². The Hall–Kier alpha value is -0.610.